The van der Waals surface area contributed by atoms with Gasteiger partial charge in [0.2, 0.25) is 5.89 Å². The Morgan fingerprint density at radius 2 is 2.12 bits per heavy atom. The van der Waals surface area contributed by atoms with E-state index in [1.165, 1.54) is 12.1 Å². The maximum Gasteiger partial charge on any atom is 0.270 e. The Morgan fingerprint density at radius 3 is 3.00 bits per heavy atom. The average molecular weight is 433 g/mol. The monoisotopic (exact) mass is 433 g/mol. The zero-order valence-corrected chi connectivity index (χ0v) is 17.8. The number of hydrogen-bond donors (Lipinski definition) is 1. The van der Waals surface area contributed by atoms with Crippen molar-refractivity contribution in [3.05, 3.63) is 83.5 Å². The number of likely N-dealkylation sites (tertiary alicyclic amines) is 1. The van der Waals surface area contributed by atoms with Crippen molar-refractivity contribution in [2.24, 2.45) is 0 Å². The number of amides is 1. The number of fused-ring (bicyclic) bond motifs is 1. The van der Waals surface area contributed by atoms with Crippen molar-refractivity contribution in [3.8, 4) is 5.75 Å². The molecule has 1 N–H and O–H groups in total. The third kappa shape index (κ3) is 3.86. The average Bonchev–Trinajstić information content (AvgIpc) is 3.45. The molecule has 1 saturated heterocycles. The molecule has 7 heteroatoms. The number of ether oxygens (including phenoxy) is 1. The molecule has 3 heterocycles. The number of nitrogens with zero attached hydrogens (tertiary/aromatic N) is 2. The molecule has 0 aliphatic carbocycles. The van der Waals surface area contributed by atoms with Crippen molar-refractivity contribution in [2.75, 3.05) is 13.7 Å². The fourth-order valence-electron chi connectivity index (χ4n) is 4.40. The summed E-state index contributed by atoms with van der Waals surface area (Å²) in [5, 5.41) is 0.804. The number of benzene rings is 2. The summed E-state index contributed by atoms with van der Waals surface area (Å²) in [7, 11) is 1.65. The molecule has 1 aliphatic rings. The highest BCUT2D eigenvalue weighted by Crippen LogP contribution is 2.33. The number of H-pyrrole nitrogens is 1. The van der Waals surface area contributed by atoms with E-state index in [1.54, 1.807) is 25.4 Å². The zero-order valence-electron chi connectivity index (χ0n) is 17.8. The van der Waals surface area contributed by atoms with E-state index >= 15 is 0 Å². The van der Waals surface area contributed by atoms with Gasteiger partial charge in [0.15, 0.2) is 0 Å². The predicted molar refractivity (Wildman–Crippen MR) is 118 cm³/mol. The van der Waals surface area contributed by atoms with Crippen LogP contribution in [0.15, 0.2) is 59.1 Å². The number of piperidine rings is 1. The molecule has 1 aliphatic heterocycles. The van der Waals surface area contributed by atoms with Crippen LogP contribution in [0.5, 0.6) is 5.75 Å². The fourth-order valence-corrected chi connectivity index (χ4v) is 4.40. The molecule has 0 bridgehead atoms. The summed E-state index contributed by atoms with van der Waals surface area (Å²) >= 11 is 0. The van der Waals surface area contributed by atoms with Crippen molar-refractivity contribution < 1.29 is 18.3 Å². The second-order valence-corrected chi connectivity index (χ2v) is 8.08. The molecule has 2 aromatic heterocycles. The molecule has 0 unspecified atom stereocenters. The SMILES string of the molecule is COc1ccccc1Cc1cnc([C@H]2CCCCN2C(=O)c2cc3ccc(F)cc3[nH]2)o1. The summed E-state index contributed by atoms with van der Waals surface area (Å²) in [6.07, 6.45) is 4.99. The smallest absolute Gasteiger partial charge is 0.270 e. The van der Waals surface area contributed by atoms with Crippen molar-refractivity contribution in [3.63, 3.8) is 0 Å². The molecular formula is C25H24FN3O3. The van der Waals surface area contributed by atoms with E-state index in [4.69, 9.17) is 9.15 Å². The van der Waals surface area contributed by atoms with Crippen LogP contribution in [0.25, 0.3) is 10.9 Å². The highest BCUT2D eigenvalue weighted by molar-refractivity contribution is 5.98. The Kier molecular flexibility index (Phi) is 5.39. The Balaban J connectivity index is 1.39. The van der Waals surface area contributed by atoms with Gasteiger partial charge in [-0.1, -0.05) is 18.2 Å². The lowest BCUT2D eigenvalue weighted by atomic mass is 10.0. The van der Waals surface area contributed by atoms with E-state index in [1.807, 2.05) is 29.2 Å². The van der Waals surface area contributed by atoms with Crippen molar-refractivity contribution in [1.82, 2.24) is 14.9 Å². The number of rotatable bonds is 5. The number of oxazole rings is 1. The Labute approximate surface area is 185 Å². The van der Waals surface area contributed by atoms with Gasteiger partial charge in [0.25, 0.3) is 5.91 Å². The minimum absolute atomic E-state index is 0.129. The molecule has 4 aromatic rings. The standard InChI is InChI=1S/C25H24FN3O3/c1-31-23-8-3-2-6-17(23)12-19-15-27-24(32-19)22-7-4-5-11-29(22)25(30)21-13-16-9-10-18(26)14-20(16)28-21/h2-3,6,8-10,13-15,22,28H,4-5,7,11-12H2,1H3/t22-/m1/s1. The van der Waals surface area contributed by atoms with E-state index in [9.17, 15) is 9.18 Å². The van der Waals surface area contributed by atoms with Crippen LogP contribution < -0.4 is 4.74 Å². The molecular weight excluding hydrogens is 409 g/mol. The molecule has 6 nitrogen and oxygen atoms in total. The maximum absolute atomic E-state index is 13.5. The molecule has 32 heavy (non-hydrogen) atoms. The highest BCUT2D eigenvalue weighted by atomic mass is 19.1. The third-order valence-electron chi connectivity index (χ3n) is 5.99. The molecule has 0 saturated carbocycles. The first kappa shape index (κ1) is 20.3. The van der Waals surface area contributed by atoms with Crippen LogP contribution >= 0.6 is 0 Å². The summed E-state index contributed by atoms with van der Waals surface area (Å²) in [6.45, 7) is 0.622. The van der Waals surface area contributed by atoms with Crippen LogP contribution in [0.3, 0.4) is 0 Å². The molecule has 0 radical (unpaired) electrons. The topological polar surface area (TPSA) is 71.4 Å². The summed E-state index contributed by atoms with van der Waals surface area (Å²) in [6, 6.07) is 13.8. The summed E-state index contributed by atoms with van der Waals surface area (Å²) in [4.78, 5) is 22.7. The van der Waals surface area contributed by atoms with Gasteiger partial charge < -0.3 is 19.0 Å². The second-order valence-electron chi connectivity index (χ2n) is 8.08. The van der Waals surface area contributed by atoms with Gasteiger partial charge in [0.05, 0.1) is 13.3 Å². The normalized spacial score (nSPS) is 16.4. The number of aromatic nitrogens is 2. The van der Waals surface area contributed by atoms with Gasteiger partial charge in [0, 0.05) is 29.4 Å². The predicted octanol–water partition coefficient (Wildman–Crippen LogP) is 5.26. The molecule has 1 amide bonds. The van der Waals surface area contributed by atoms with Gasteiger partial charge in [-0.15, -0.1) is 0 Å². The number of carbonyl (C=O) groups excluding carboxylic acids is 1. The lowest BCUT2D eigenvalue weighted by molar-refractivity contribution is 0.0565. The number of methoxy groups -OCH3 is 1. The van der Waals surface area contributed by atoms with Crippen LogP contribution in [0.2, 0.25) is 0 Å². The zero-order chi connectivity index (χ0) is 22.1. The number of aromatic amines is 1. The van der Waals surface area contributed by atoms with Crippen molar-refractivity contribution in [2.45, 2.75) is 31.7 Å². The quantitative estimate of drug-likeness (QED) is 0.466. The van der Waals surface area contributed by atoms with Crippen LogP contribution in [-0.2, 0) is 6.42 Å². The summed E-state index contributed by atoms with van der Waals surface area (Å²) in [5.41, 5.74) is 2.06. The number of halogens is 1. The summed E-state index contributed by atoms with van der Waals surface area (Å²) < 4.78 is 25.1. The van der Waals surface area contributed by atoms with Gasteiger partial charge in [-0.05, 0) is 49.6 Å². The van der Waals surface area contributed by atoms with E-state index in [0.717, 1.165) is 41.7 Å². The van der Waals surface area contributed by atoms with Crippen LogP contribution in [0.1, 0.15) is 53.0 Å². The molecule has 0 spiro atoms. The Hall–Kier alpha value is -3.61. The first-order chi connectivity index (χ1) is 15.6. The lowest BCUT2D eigenvalue weighted by Gasteiger charge is -2.33. The Bertz CT molecular complexity index is 1260. The van der Waals surface area contributed by atoms with Gasteiger partial charge in [0.1, 0.15) is 29.1 Å². The minimum Gasteiger partial charge on any atom is -0.496 e. The molecule has 2 aromatic carbocycles. The number of hydrogen-bond acceptors (Lipinski definition) is 4. The van der Waals surface area contributed by atoms with Gasteiger partial charge in [-0.25, -0.2) is 9.37 Å². The van der Waals surface area contributed by atoms with E-state index in [2.05, 4.69) is 9.97 Å². The van der Waals surface area contributed by atoms with E-state index in [-0.39, 0.29) is 17.8 Å². The van der Waals surface area contributed by atoms with Crippen molar-refractivity contribution >= 4 is 16.8 Å². The highest BCUT2D eigenvalue weighted by Gasteiger charge is 2.32. The largest absolute Gasteiger partial charge is 0.496 e. The first-order valence-corrected chi connectivity index (χ1v) is 10.8. The maximum atomic E-state index is 13.5. The summed E-state index contributed by atoms with van der Waals surface area (Å²) in [5.74, 6) is 1.61. The molecule has 1 fully saturated rings. The van der Waals surface area contributed by atoms with E-state index < -0.39 is 0 Å². The van der Waals surface area contributed by atoms with Crippen LogP contribution in [-0.4, -0.2) is 34.4 Å². The minimum atomic E-state index is -0.337. The van der Waals surface area contributed by atoms with E-state index in [0.29, 0.717) is 30.1 Å². The molecule has 1 atom stereocenters. The fraction of sp³-hybridized carbons (Fsp3) is 0.280. The number of para-hydroxylation sites is 1. The van der Waals surface area contributed by atoms with Gasteiger partial charge in [-0.2, -0.15) is 0 Å². The van der Waals surface area contributed by atoms with Gasteiger partial charge >= 0.3 is 0 Å². The Morgan fingerprint density at radius 1 is 1.25 bits per heavy atom. The van der Waals surface area contributed by atoms with Crippen LogP contribution in [0, 0.1) is 5.82 Å². The van der Waals surface area contributed by atoms with Crippen LogP contribution in [0.4, 0.5) is 4.39 Å². The van der Waals surface area contributed by atoms with Crippen molar-refractivity contribution in [1.29, 1.82) is 0 Å². The number of nitrogens with one attached hydrogen (secondary N) is 1. The molecule has 5 rings (SSSR count). The first-order valence-electron chi connectivity index (χ1n) is 10.8. The lowest BCUT2D eigenvalue weighted by Crippen LogP contribution is -2.38. The number of carbonyl (C=O) groups is 1. The van der Waals surface area contributed by atoms with Gasteiger partial charge in [-0.3, -0.25) is 4.79 Å². The third-order valence-corrected chi connectivity index (χ3v) is 5.99. The molecule has 164 valence electrons. The second kappa shape index (κ2) is 8.49.